The first-order valence-corrected chi connectivity index (χ1v) is 7.53. The summed E-state index contributed by atoms with van der Waals surface area (Å²) >= 11 is 0. The van der Waals surface area contributed by atoms with E-state index in [9.17, 15) is 4.79 Å². The van der Waals surface area contributed by atoms with Gasteiger partial charge in [-0.25, -0.2) is 0 Å². The Morgan fingerprint density at radius 3 is 2.74 bits per heavy atom. The third-order valence-corrected chi connectivity index (χ3v) is 3.64. The van der Waals surface area contributed by atoms with Crippen LogP contribution >= 0.6 is 0 Å². The highest BCUT2D eigenvalue weighted by atomic mass is 16.6. The third-order valence-electron chi connectivity index (χ3n) is 3.64. The van der Waals surface area contributed by atoms with Gasteiger partial charge in [-0.3, -0.25) is 4.79 Å². The van der Waals surface area contributed by atoms with Gasteiger partial charge in [0.25, 0.3) is 0 Å². The van der Waals surface area contributed by atoms with Crippen LogP contribution in [0.15, 0.2) is 42.5 Å². The van der Waals surface area contributed by atoms with E-state index in [2.05, 4.69) is 5.32 Å². The number of ether oxygens (including phenoxy) is 3. The molecule has 0 radical (unpaired) electrons. The molecule has 1 aliphatic rings. The first-order chi connectivity index (χ1) is 11.3. The molecule has 0 saturated heterocycles. The highest BCUT2D eigenvalue weighted by Crippen LogP contribution is 2.30. The molecule has 120 valence electrons. The average Bonchev–Trinajstić information content (AvgIpc) is 2.60. The first kappa shape index (κ1) is 15.2. The minimum Gasteiger partial charge on any atom is -0.496 e. The second-order valence-corrected chi connectivity index (χ2v) is 5.24. The Hall–Kier alpha value is -2.69. The molecule has 2 aromatic rings. The van der Waals surface area contributed by atoms with E-state index in [4.69, 9.17) is 14.2 Å². The fraction of sp³-hybridized carbons (Fsp3) is 0.278. The highest BCUT2D eigenvalue weighted by molar-refractivity contribution is 5.78. The van der Waals surface area contributed by atoms with E-state index in [0.29, 0.717) is 31.9 Å². The summed E-state index contributed by atoms with van der Waals surface area (Å²) in [5.41, 5.74) is 1.84. The van der Waals surface area contributed by atoms with E-state index in [1.807, 2.05) is 42.5 Å². The molecule has 2 aromatic carbocycles. The molecule has 5 nitrogen and oxygen atoms in total. The van der Waals surface area contributed by atoms with Crippen molar-refractivity contribution in [1.82, 2.24) is 5.32 Å². The van der Waals surface area contributed by atoms with Crippen molar-refractivity contribution in [3.63, 3.8) is 0 Å². The quantitative estimate of drug-likeness (QED) is 0.920. The van der Waals surface area contributed by atoms with Crippen LogP contribution in [-0.2, 0) is 17.8 Å². The zero-order valence-corrected chi connectivity index (χ0v) is 13.0. The number of amides is 1. The van der Waals surface area contributed by atoms with Crippen LogP contribution in [0, 0.1) is 0 Å². The molecule has 0 fully saturated rings. The number of benzene rings is 2. The maximum Gasteiger partial charge on any atom is 0.224 e. The summed E-state index contributed by atoms with van der Waals surface area (Å²) in [6, 6.07) is 13.2. The number of nitrogens with one attached hydrogen (secondary N) is 1. The van der Waals surface area contributed by atoms with Crippen molar-refractivity contribution in [3.05, 3.63) is 53.6 Å². The number of carbonyl (C=O) groups excluding carboxylic acids is 1. The van der Waals surface area contributed by atoms with Gasteiger partial charge in [0.1, 0.15) is 19.0 Å². The lowest BCUT2D eigenvalue weighted by Crippen LogP contribution is -2.25. The number of hydrogen-bond donors (Lipinski definition) is 1. The Kier molecular flexibility index (Phi) is 4.66. The zero-order chi connectivity index (χ0) is 16.1. The number of rotatable bonds is 5. The monoisotopic (exact) mass is 313 g/mol. The van der Waals surface area contributed by atoms with Crippen LogP contribution in [0.4, 0.5) is 0 Å². The predicted octanol–water partition coefficient (Wildman–Crippen LogP) is 2.33. The lowest BCUT2D eigenvalue weighted by atomic mass is 10.1. The van der Waals surface area contributed by atoms with Gasteiger partial charge in [0.2, 0.25) is 5.91 Å². The van der Waals surface area contributed by atoms with Crippen molar-refractivity contribution >= 4 is 5.91 Å². The van der Waals surface area contributed by atoms with Crippen molar-refractivity contribution < 1.29 is 19.0 Å². The summed E-state index contributed by atoms with van der Waals surface area (Å²) in [6.07, 6.45) is 0.297. The number of fused-ring (bicyclic) bond motifs is 1. The molecule has 1 amide bonds. The van der Waals surface area contributed by atoms with E-state index in [0.717, 1.165) is 22.6 Å². The van der Waals surface area contributed by atoms with Crippen LogP contribution in [0.1, 0.15) is 11.1 Å². The molecule has 23 heavy (non-hydrogen) atoms. The number of carbonyl (C=O) groups is 1. The van der Waals surface area contributed by atoms with Gasteiger partial charge in [0, 0.05) is 12.1 Å². The molecule has 3 rings (SSSR count). The summed E-state index contributed by atoms with van der Waals surface area (Å²) < 4.78 is 16.3. The van der Waals surface area contributed by atoms with Gasteiger partial charge in [-0.1, -0.05) is 24.3 Å². The van der Waals surface area contributed by atoms with Gasteiger partial charge < -0.3 is 19.5 Å². The maximum atomic E-state index is 12.1. The molecule has 0 saturated carbocycles. The smallest absolute Gasteiger partial charge is 0.224 e. The summed E-state index contributed by atoms with van der Waals surface area (Å²) in [4.78, 5) is 12.1. The normalized spacial score (nSPS) is 12.6. The molecule has 1 aliphatic heterocycles. The predicted molar refractivity (Wildman–Crippen MR) is 86.0 cm³/mol. The summed E-state index contributed by atoms with van der Waals surface area (Å²) in [7, 11) is 1.62. The molecule has 0 atom stereocenters. The molecule has 0 aliphatic carbocycles. The van der Waals surface area contributed by atoms with Crippen molar-refractivity contribution in [3.8, 4) is 17.2 Å². The Morgan fingerprint density at radius 1 is 1.13 bits per heavy atom. The second-order valence-electron chi connectivity index (χ2n) is 5.24. The van der Waals surface area contributed by atoms with Crippen molar-refractivity contribution in [2.45, 2.75) is 13.0 Å². The fourth-order valence-corrected chi connectivity index (χ4v) is 2.49. The molecule has 1 N–H and O–H groups in total. The molecule has 5 heteroatoms. The van der Waals surface area contributed by atoms with Gasteiger partial charge in [0.15, 0.2) is 11.5 Å². The third kappa shape index (κ3) is 3.74. The molecular formula is C18H19NO4. The van der Waals surface area contributed by atoms with E-state index >= 15 is 0 Å². The van der Waals surface area contributed by atoms with E-state index in [-0.39, 0.29) is 5.91 Å². The number of hydrogen-bond acceptors (Lipinski definition) is 4. The van der Waals surface area contributed by atoms with Gasteiger partial charge in [-0.05, 0) is 23.8 Å². The fourth-order valence-electron chi connectivity index (χ4n) is 2.49. The van der Waals surface area contributed by atoms with Crippen LogP contribution in [0.3, 0.4) is 0 Å². The van der Waals surface area contributed by atoms with Crippen LogP contribution in [0.5, 0.6) is 17.2 Å². The van der Waals surface area contributed by atoms with Crippen LogP contribution in [0.2, 0.25) is 0 Å². The minimum absolute atomic E-state index is 0.0485. The molecule has 1 heterocycles. The summed E-state index contributed by atoms with van der Waals surface area (Å²) in [5.74, 6) is 2.15. The SMILES string of the molecule is COc1ccccc1CNC(=O)Cc1ccc2c(c1)OCCO2. The highest BCUT2D eigenvalue weighted by Gasteiger charge is 2.13. The van der Waals surface area contributed by atoms with Crippen molar-refractivity contribution in [1.29, 1.82) is 0 Å². The van der Waals surface area contributed by atoms with Gasteiger partial charge in [0.05, 0.1) is 13.5 Å². The van der Waals surface area contributed by atoms with Crippen LogP contribution in [0.25, 0.3) is 0 Å². The van der Waals surface area contributed by atoms with E-state index in [1.165, 1.54) is 0 Å². The summed E-state index contributed by atoms with van der Waals surface area (Å²) in [6.45, 7) is 1.54. The van der Waals surface area contributed by atoms with E-state index < -0.39 is 0 Å². The van der Waals surface area contributed by atoms with Gasteiger partial charge >= 0.3 is 0 Å². The Bertz CT molecular complexity index is 699. The van der Waals surface area contributed by atoms with Crippen LogP contribution < -0.4 is 19.5 Å². The molecular weight excluding hydrogens is 294 g/mol. The van der Waals surface area contributed by atoms with Crippen molar-refractivity contribution in [2.75, 3.05) is 20.3 Å². The van der Waals surface area contributed by atoms with E-state index in [1.54, 1.807) is 7.11 Å². The second kappa shape index (κ2) is 7.05. The topological polar surface area (TPSA) is 56.8 Å². The van der Waals surface area contributed by atoms with Gasteiger partial charge in [-0.2, -0.15) is 0 Å². The van der Waals surface area contributed by atoms with Crippen LogP contribution in [-0.4, -0.2) is 26.2 Å². The standard InChI is InChI=1S/C18H19NO4/c1-21-15-5-3-2-4-14(15)12-19-18(20)11-13-6-7-16-17(10-13)23-9-8-22-16/h2-7,10H,8-9,11-12H2,1H3,(H,19,20). The lowest BCUT2D eigenvalue weighted by molar-refractivity contribution is -0.120. The zero-order valence-electron chi connectivity index (χ0n) is 13.0. The Morgan fingerprint density at radius 2 is 1.91 bits per heavy atom. The largest absolute Gasteiger partial charge is 0.496 e. The minimum atomic E-state index is -0.0485. The molecule has 0 aromatic heterocycles. The molecule has 0 spiro atoms. The number of methoxy groups -OCH3 is 1. The molecule has 0 bridgehead atoms. The molecule has 0 unspecified atom stereocenters. The summed E-state index contributed by atoms with van der Waals surface area (Å²) in [5, 5.41) is 2.91. The Labute approximate surface area is 135 Å². The Balaban J connectivity index is 1.59. The van der Waals surface area contributed by atoms with Crippen molar-refractivity contribution in [2.24, 2.45) is 0 Å². The number of para-hydroxylation sites is 1. The first-order valence-electron chi connectivity index (χ1n) is 7.53. The van der Waals surface area contributed by atoms with Gasteiger partial charge in [-0.15, -0.1) is 0 Å². The maximum absolute atomic E-state index is 12.1. The lowest BCUT2D eigenvalue weighted by Gasteiger charge is -2.18. The average molecular weight is 313 g/mol.